The molecule has 1 aliphatic heterocycles. The molecule has 2 aromatic carbocycles. The maximum Gasteiger partial charge on any atom is 0.255 e. The van der Waals surface area contributed by atoms with Crippen LogP contribution in [0.15, 0.2) is 54.7 Å². The van der Waals surface area contributed by atoms with Crippen molar-refractivity contribution >= 4 is 16.8 Å². The quantitative estimate of drug-likeness (QED) is 0.783. The molecule has 128 valence electrons. The Labute approximate surface area is 146 Å². The number of carbonyl (C=O) groups excluding carboxylic acids is 1. The molecule has 5 nitrogen and oxygen atoms in total. The third-order valence-electron chi connectivity index (χ3n) is 4.84. The van der Waals surface area contributed by atoms with Crippen LogP contribution >= 0.6 is 0 Å². The lowest BCUT2D eigenvalue weighted by atomic mass is 10.0. The predicted octanol–water partition coefficient (Wildman–Crippen LogP) is 2.75. The van der Waals surface area contributed by atoms with Crippen molar-refractivity contribution < 1.29 is 14.6 Å². The average Bonchev–Trinajstić information content (AvgIpc) is 2.92. The summed E-state index contributed by atoms with van der Waals surface area (Å²) < 4.78 is 7.78. The minimum atomic E-state index is -0.412. The third-order valence-corrected chi connectivity index (χ3v) is 4.84. The normalized spacial score (nSPS) is 17.0. The summed E-state index contributed by atoms with van der Waals surface area (Å²) in [6, 6.07) is 14.9. The van der Waals surface area contributed by atoms with E-state index in [-0.39, 0.29) is 12.5 Å². The Balaban J connectivity index is 1.78. The van der Waals surface area contributed by atoms with E-state index < -0.39 is 6.04 Å². The molecular weight excluding hydrogens is 316 g/mol. The minimum absolute atomic E-state index is 0.0869. The van der Waals surface area contributed by atoms with E-state index >= 15 is 0 Å². The monoisotopic (exact) mass is 336 g/mol. The number of aromatic nitrogens is 1. The molecule has 5 heteroatoms. The smallest absolute Gasteiger partial charge is 0.255 e. The van der Waals surface area contributed by atoms with E-state index in [1.54, 1.807) is 4.90 Å². The highest BCUT2D eigenvalue weighted by atomic mass is 16.5. The maximum atomic E-state index is 13.3. The number of aryl methyl sites for hydroxylation is 1. The zero-order valence-corrected chi connectivity index (χ0v) is 14.1. The molecule has 25 heavy (non-hydrogen) atoms. The second kappa shape index (κ2) is 6.26. The highest BCUT2D eigenvalue weighted by Crippen LogP contribution is 2.33. The lowest BCUT2D eigenvalue weighted by Gasteiger charge is -2.29. The highest BCUT2D eigenvalue weighted by Gasteiger charge is 2.30. The van der Waals surface area contributed by atoms with E-state index in [4.69, 9.17) is 4.74 Å². The van der Waals surface area contributed by atoms with Crippen LogP contribution in [0, 0.1) is 0 Å². The number of para-hydroxylation sites is 1. The van der Waals surface area contributed by atoms with Gasteiger partial charge in [0, 0.05) is 35.3 Å². The van der Waals surface area contributed by atoms with Gasteiger partial charge >= 0.3 is 0 Å². The summed E-state index contributed by atoms with van der Waals surface area (Å²) in [5, 5.41) is 10.9. The van der Waals surface area contributed by atoms with Crippen LogP contribution in [0.5, 0.6) is 5.75 Å². The summed E-state index contributed by atoms with van der Waals surface area (Å²) in [5.74, 6) is 0.644. The van der Waals surface area contributed by atoms with Gasteiger partial charge in [0.25, 0.3) is 5.91 Å². The topological polar surface area (TPSA) is 54.7 Å². The van der Waals surface area contributed by atoms with Gasteiger partial charge in [0.2, 0.25) is 0 Å². The molecule has 0 bridgehead atoms. The zero-order chi connectivity index (χ0) is 17.4. The number of hydrogen-bond donors (Lipinski definition) is 1. The van der Waals surface area contributed by atoms with Crippen molar-refractivity contribution in [1.29, 1.82) is 0 Å². The molecule has 1 unspecified atom stereocenters. The average molecular weight is 336 g/mol. The van der Waals surface area contributed by atoms with Gasteiger partial charge in [-0.2, -0.15) is 0 Å². The van der Waals surface area contributed by atoms with Crippen molar-refractivity contribution in [3.8, 4) is 5.75 Å². The fourth-order valence-corrected chi connectivity index (χ4v) is 3.55. The van der Waals surface area contributed by atoms with Gasteiger partial charge in [-0.1, -0.05) is 24.3 Å². The zero-order valence-electron chi connectivity index (χ0n) is 14.1. The number of benzene rings is 2. The molecule has 3 aromatic rings. The largest absolute Gasteiger partial charge is 0.491 e. The van der Waals surface area contributed by atoms with Crippen LogP contribution in [0.1, 0.15) is 22.0 Å². The van der Waals surface area contributed by atoms with Gasteiger partial charge in [-0.15, -0.1) is 0 Å². The number of ether oxygens (including phenoxy) is 1. The van der Waals surface area contributed by atoms with Crippen LogP contribution in [-0.2, 0) is 7.05 Å². The predicted molar refractivity (Wildman–Crippen MR) is 95.7 cm³/mol. The molecule has 1 N–H and O–H groups in total. The molecule has 0 aliphatic carbocycles. The summed E-state index contributed by atoms with van der Waals surface area (Å²) >= 11 is 0. The van der Waals surface area contributed by atoms with Crippen molar-refractivity contribution in [1.82, 2.24) is 9.47 Å². The van der Waals surface area contributed by atoms with Gasteiger partial charge in [-0.25, -0.2) is 0 Å². The number of rotatable bonds is 2. The van der Waals surface area contributed by atoms with E-state index in [1.165, 1.54) is 0 Å². The number of nitrogens with zero attached hydrogens (tertiary/aromatic N) is 2. The Morgan fingerprint density at radius 1 is 1.20 bits per heavy atom. The van der Waals surface area contributed by atoms with Crippen molar-refractivity contribution in [2.24, 2.45) is 7.05 Å². The summed E-state index contributed by atoms with van der Waals surface area (Å²) in [6.07, 6.45) is 1.95. The lowest BCUT2D eigenvalue weighted by molar-refractivity contribution is 0.0587. The number of hydrogen-bond acceptors (Lipinski definition) is 3. The van der Waals surface area contributed by atoms with Crippen LogP contribution < -0.4 is 4.74 Å². The number of aliphatic hydroxyl groups excluding tert-OH is 1. The minimum Gasteiger partial charge on any atom is -0.491 e. The molecule has 2 heterocycles. The number of amides is 1. The van der Waals surface area contributed by atoms with Gasteiger partial charge < -0.3 is 19.3 Å². The van der Waals surface area contributed by atoms with E-state index in [2.05, 4.69) is 0 Å². The molecule has 0 radical (unpaired) electrons. The van der Waals surface area contributed by atoms with Crippen molar-refractivity contribution in [3.05, 3.63) is 65.9 Å². The molecule has 0 saturated carbocycles. The van der Waals surface area contributed by atoms with Gasteiger partial charge in [0.1, 0.15) is 12.4 Å². The van der Waals surface area contributed by atoms with Crippen LogP contribution in [0.25, 0.3) is 10.9 Å². The molecular formula is C20H20N2O3. The second-order valence-corrected chi connectivity index (χ2v) is 6.25. The van der Waals surface area contributed by atoms with Crippen molar-refractivity contribution in [2.45, 2.75) is 6.04 Å². The Morgan fingerprint density at radius 3 is 2.88 bits per heavy atom. The van der Waals surface area contributed by atoms with Gasteiger partial charge in [-0.05, 0) is 24.3 Å². The first-order valence-corrected chi connectivity index (χ1v) is 8.38. The molecule has 0 fully saturated rings. The maximum absolute atomic E-state index is 13.3. The lowest BCUT2D eigenvalue weighted by Crippen LogP contribution is -2.38. The molecule has 1 aromatic heterocycles. The Hall–Kier alpha value is -2.79. The fraction of sp³-hybridized carbons (Fsp3) is 0.250. The first-order valence-electron chi connectivity index (χ1n) is 8.38. The Bertz CT molecular complexity index is 932. The highest BCUT2D eigenvalue weighted by molar-refractivity contribution is 6.06. The number of fused-ring (bicyclic) bond motifs is 2. The Kier molecular flexibility index (Phi) is 3.93. The second-order valence-electron chi connectivity index (χ2n) is 6.25. The molecule has 4 rings (SSSR count). The molecule has 0 saturated heterocycles. The van der Waals surface area contributed by atoms with Gasteiger partial charge in [-0.3, -0.25) is 4.79 Å². The molecule has 1 aliphatic rings. The third kappa shape index (κ3) is 2.57. The van der Waals surface area contributed by atoms with Crippen molar-refractivity contribution in [3.63, 3.8) is 0 Å². The van der Waals surface area contributed by atoms with Crippen LogP contribution in [-0.4, -0.2) is 40.2 Å². The number of carbonyl (C=O) groups is 1. The van der Waals surface area contributed by atoms with Gasteiger partial charge in [0.05, 0.1) is 19.2 Å². The Morgan fingerprint density at radius 2 is 2.04 bits per heavy atom. The summed E-state index contributed by atoms with van der Waals surface area (Å²) in [5.41, 5.74) is 2.50. The van der Waals surface area contributed by atoms with Crippen molar-refractivity contribution in [2.75, 3.05) is 19.8 Å². The van der Waals surface area contributed by atoms with Crippen LogP contribution in [0.2, 0.25) is 0 Å². The summed E-state index contributed by atoms with van der Waals surface area (Å²) in [6.45, 7) is 0.697. The van der Waals surface area contributed by atoms with Crippen LogP contribution in [0.4, 0.5) is 0 Å². The molecule has 1 amide bonds. The summed E-state index contributed by atoms with van der Waals surface area (Å²) in [4.78, 5) is 15.0. The standard InChI is InChI=1S/C20H20N2O3/c1-21-10-9-14-15(6-4-7-17(14)21)20(24)22-11-12-25-19-8-3-2-5-16(19)18(22)13-23/h2-10,18,23H,11-13H2,1H3. The van der Waals surface area contributed by atoms with E-state index in [0.29, 0.717) is 18.7 Å². The van der Waals surface area contributed by atoms with E-state index in [1.807, 2.05) is 66.3 Å². The van der Waals surface area contributed by atoms with E-state index in [0.717, 1.165) is 22.2 Å². The first-order chi connectivity index (χ1) is 12.2. The van der Waals surface area contributed by atoms with E-state index in [9.17, 15) is 9.90 Å². The van der Waals surface area contributed by atoms with Crippen LogP contribution in [0.3, 0.4) is 0 Å². The molecule has 1 atom stereocenters. The fourth-order valence-electron chi connectivity index (χ4n) is 3.55. The SMILES string of the molecule is Cn1ccc2c(C(=O)N3CCOc4ccccc4C3CO)cccc21. The number of aliphatic hydroxyl groups is 1. The first kappa shape index (κ1) is 15.7. The summed E-state index contributed by atoms with van der Waals surface area (Å²) in [7, 11) is 1.96. The molecule has 0 spiro atoms. The van der Waals surface area contributed by atoms with Gasteiger partial charge in [0.15, 0.2) is 0 Å².